The molecule has 0 N–H and O–H groups in total. The molecule has 2 aromatic carbocycles. The van der Waals surface area contributed by atoms with Gasteiger partial charge < -0.3 is 14.4 Å². The zero-order valence-corrected chi connectivity index (χ0v) is 15.4. The Bertz CT molecular complexity index is 1010. The van der Waals surface area contributed by atoms with Crippen molar-refractivity contribution in [3.8, 4) is 11.4 Å². The summed E-state index contributed by atoms with van der Waals surface area (Å²) in [5.74, 6) is -0.589. The summed E-state index contributed by atoms with van der Waals surface area (Å²) in [6, 6.07) is 17.1. The van der Waals surface area contributed by atoms with Crippen LogP contribution in [0.1, 0.15) is 16.1 Å². The minimum Gasteiger partial charge on any atom is -0.479 e. The number of carbonyl (C=O) groups is 2. The molecule has 0 fully saturated rings. The van der Waals surface area contributed by atoms with Crippen molar-refractivity contribution in [1.29, 1.82) is 0 Å². The summed E-state index contributed by atoms with van der Waals surface area (Å²) in [7, 11) is 1.28. The summed E-state index contributed by atoms with van der Waals surface area (Å²) in [5.41, 5.74) is 2.84. The topological polar surface area (TPSA) is 73.7 Å². The molecule has 0 unspecified atom stereocenters. The van der Waals surface area contributed by atoms with Crippen LogP contribution in [0, 0.1) is 0 Å². The van der Waals surface area contributed by atoms with Gasteiger partial charge in [0, 0.05) is 12.2 Å². The van der Waals surface area contributed by atoms with Gasteiger partial charge in [-0.2, -0.15) is 5.10 Å². The number of ether oxygens (including phenoxy) is 2. The third-order valence-electron chi connectivity index (χ3n) is 4.62. The van der Waals surface area contributed by atoms with E-state index in [1.807, 2.05) is 54.6 Å². The molecular weight excluding hydrogens is 358 g/mol. The molecule has 0 bridgehead atoms. The fraction of sp³-hybridized carbons (Fsp3) is 0.190. The van der Waals surface area contributed by atoms with E-state index >= 15 is 0 Å². The molecule has 3 aromatic rings. The fourth-order valence-corrected chi connectivity index (χ4v) is 3.23. The summed E-state index contributed by atoms with van der Waals surface area (Å²) >= 11 is 0. The lowest BCUT2D eigenvalue weighted by molar-refractivity contribution is -0.120. The zero-order valence-electron chi connectivity index (χ0n) is 15.4. The van der Waals surface area contributed by atoms with Crippen molar-refractivity contribution in [3.05, 3.63) is 72.1 Å². The Labute approximate surface area is 162 Å². The molecule has 28 heavy (non-hydrogen) atoms. The Kier molecular flexibility index (Phi) is 4.80. The molecule has 7 heteroatoms. The van der Waals surface area contributed by atoms with E-state index in [9.17, 15) is 9.59 Å². The molecule has 0 aliphatic carbocycles. The van der Waals surface area contributed by atoms with Crippen LogP contribution >= 0.6 is 0 Å². The molecule has 4 rings (SSSR count). The van der Waals surface area contributed by atoms with Gasteiger partial charge in [-0.15, -0.1) is 0 Å². The molecule has 0 atom stereocenters. The number of rotatable bonds is 5. The number of carbonyl (C=O) groups excluding carboxylic acids is 2. The van der Waals surface area contributed by atoms with Gasteiger partial charge in [-0.1, -0.05) is 36.4 Å². The summed E-state index contributed by atoms with van der Waals surface area (Å²) < 4.78 is 12.0. The molecule has 2 heterocycles. The fourth-order valence-electron chi connectivity index (χ4n) is 3.23. The van der Waals surface area contributed by atoms with E-state index in [-0.39, 0.29) is 24.0 Å². The summed E-state index contributed by atoms with van der Waals surface area (Å²) in [5, 5.41) is 4.25. The number of fused-ring (bicyclic) bond motifs is 1. The van der Waals surface area contributed by atoms with Gasteiger partial charge in [0.25, 0.3) is 5.91 Å². The molecule has 0 saturated carbocycles. The number of anilines is 1. The van der Waals surface area contributed by atoms with Gasteiger partial charge in [0.15, 0.2) is 12.4 Å². The number of aromatic nitrogens is 2. The smallest absolute Gasteiger partial charge is 0.362 e. The molecule has 142 valence electrons. The highest BCUT2D eigenvalue weighted by Gasteiger charge is 2.26. The molecule has 1 aliphatic heterocycles. The normalized spacial score (nSPS) is 12.5. The average molecular weight is 377 g/mol. The number of esters is 1. The Morgan fingerprint density at radius 3 is 2.61 bits per heavy atom. The maximum Gasteiger partial charge on any atom is 0.362 e. The van der Waals surface area contributed by atoms with E-state index in [1.54, 1.807) is 11.1 Å². The number of benzene rings is 2. The number of amides is 1. The summed E-state index contributed by atoms with van der Waals surface area (Å²) in [6.45, 7) is 0.424. The SMILES string of the molecule is COC(=O)c1nn(-c2ccccc2)cc1OCC(=O)N1CCc2ccccc21. The van der Waals surface area contributed by atoms with Gasteiger partial charge in [-0.25, -0.2) is 9.48 Å². The molecule has 0 radical (unpaired) electrons. The Balaban J connectivity index is 1.53. The van der Waals surface area contributed by atoms with Crippen LogP contribution in [0.4, 0.5) is 5.69 Å². The van der Waals surface area contributed by atoms with Crippen LogP contribution < -0.4 is 9.64 Å². The second kappa shape index (κ2) is 7.56. The van der Waals surface area contributed by atoms with Crippen LogP contribution in [-0.4, -0.2) is 41.9 Å². The lowest BCUT2D eigenvalue weighted by Crippen LogP contribution is -2.33. The van der Waals surface area contributed by atoms with E-state index in [2.05, 4.69) is 5.10 Å². The van der Waals surface area contributed by atoms with Gasteiger partial charge >= 0.3 is 5.97 Å². The van der Waals surface area contributed by atoms with Gasteiger partial charge in [0.1, 0.15) is 0 Å². The molecular formula is C21H19N3O4. The van der Waals surface area contributed by atoms with Crippen LogP contribution in [0.15, 0.2) is 60.8 Å². The predicted molar refractivity (Wildman–Crippen MR) is 103 cm³/mol. The van der Waals surface area contributed by atoms with E-state index < -0.39 is 5.97 Å². The van der Waals surface area contributed by atoms with Crippen LogP contribution in [0.3, 0.4) is 0 Å². The molecule has 1 aliphatic rings. The highest BCUT2D eigenvalue weighted by atomic mass is 16.5. The Morgan fingerprint density at radius 1 is 1.07 bits per heavy atom. The van der Waals surface area contributed by atoms with Crippen LogP contribution in [-0.2, 0) is 16.0 Å². The molecule has 7 nitrogen and oxygen atoms in total. The van der Waals surface area contributed by atoms with Crippen molar-refractivity contribution in [2.75, 3.05) is 25.2 Å². The number of hydrogen-bond acceptors (Lipinski definition) is 5. The van der Waals surface area contributed by atoms with E-state index in [4.69, 9.17) is 9.47 Å². The number of methoxy groups -OCH3 is 1. The van der Waals surface area contributed by atoms with E-state index in [0.717, 1.165) is 23.4 Å². The minimum absolute atomic E-state index is 0.0287. The monoisotopic (exact) mass is 377 g/mol. The maximum atomic E-state index is 12.7. The molecule has 1 aromatic heterocycles. The lowest BCUT2D eigenvalue weighted by atomic mass is 10.2. The average Bonchev–Trinajstić information content (AvgIpc) is 3.36. The zero-order chi connectivity index (χ0) is 19.5. The predicted octanol–water partition coefficient (Wildman–Crippen LogP) is 2.63. The van der Waals surface area contributed by atoms with Crippen molar-refractivity contribution in [2.24, 2.45) is 0 Å². The summed E-state index contributed by atoms with van der Waals surface area (Å²) in [4.78, 5) is 26.4. The standard InChI is InChI=1S/C21H19N3O4/c1-27-21(26)20-18(13-24(22-20)16-8-3-2-4-9-16)28-14-19(25)23-12-11-15-7-5-6-10-17(15)23/h2-10,13H,11-12,14H2,1H3. The highest BCUT2D eigenvalue weighted by molar-refractivity contribution is 5.96. The molecule has 1 amide bonds. The van der Waals surface area contributed by atoms with Crippen molar-refractivity contribution in [3.63, 3.8) is 0 Å². The molecule has 0 spiro atoms. The number of hydrogen-bond donors (Lipinski definition) is 0. The Hall–Kier alpha value is -3.61. The van der Waals surface area contributed by atoms with Crippen molar-refractivity contribution in [2.45, 2.75) is 6.42 Å². The van der Waals surface area contributed by atoms with Crippen LogP contribution in [0.25, 0.3) is 5.69 Å². The second-order valence-electron chi connectivity index (χ2n) is 6.33. The third kappa shape index (κ3) is 3.34. The van der Waals surface area contributed by atoms with Crippen molar-refractivity contribution in [1.82, 2.24) is 9.78 Å². The maximum absolute atomic E-state index is 12.7. The van der Waals surface area contributed by atoms with Crippen LogP contribution in [0.5, 0.6) is 5.75 Å². The van der Waals surface area contributed by atoms with Crippen LogP contribution in [0.2, 0.25) is 0 Å². The van der Waals surface area contributed by atoms with Gasteiger partial charge in [0.05, 0.1) is 19.0 Å². The highest BCUT2D eigenvalue weighted by Crippen LogP contribution is 2.28. The summed E-state index contributed by atoms with van der Waals surface area (Å²) in [6.07, 6.45) is 2.40. The van der Waals surface area contributed by atoms with Crippen molar-refractivity contribution < 1.29 is 19.1 Å². The van der Waals surface area contributed by atoms with Gasteiger partial charge in [0.2, 0.25) is 5.69 Å². The minimum atomic E-state index is -0.622. The van der Waals surface area contributed by atoms with Gasteiger partial charge in [-0.05, 0) is 30.2 Å². The van der Waals surface area contributed by atoms with Gasteiger partial charge in [-0.3, -0.25) is 4.79 Å². The number of nitrogens with zero attached hydrogens (tertiary/aromatic N) is 3. The second-order valence-corrected chi connectivity index (χ2v) is 6.33. The number of para-hydroxylation sites is 2. The first-order valence-electron chi connectivity index (χ1n) is 8.92. The van der Waals surface area contributed by atoms with E-state index in [1.165, 1.54) is 11.8 Å². The lowest BCUT2D eigenvalue weighted by Gasteiger charge is -2.17. The molecule has 0 saturated heterocycles. The quantitative estimate of drug-likeness (QED) is 0.639. The van der Waals surface area contributed by atoms with Crippen molar-refractivity contribution >= 4 is 17.6 Å². The third-order valence-corrected chi connectivity index (χ3v) is 4.62. The largest absolute Gasteiger partial charge is 0.479 e. The first-order chi connectivity index (χ1) is 13.7. The Morgan fingerprint density at radius 2 is 1.82 bits per heavy atom. The first-order valence-corrected chi connectivity index (χ1v) is 8.92. The van der Waals surface area contributed by atoms with E-state index in [0.29, 0.717) is 6.54 Å². The first kappa shape index (κ1) is 17.8.